The third-order valence-electron chi connectivity index (χ3n) is 3.79. The van der Waals surface area contributed by atoms with Crippen LogP contribution in [-0.4, -0.2) is 42.7 Å². The highest BCUT2D eigenvalue weighted by Gasteiger charge is 2.55. The van der Waals surface area contributed by atoms with Gasteiger partial charge in [0.25, 0.3) is 0 Å². The second-order valence-electron chi connectivity index (χ2n) is 4.93. The number of methoxy groups -OCH3 is 1. The molecule has 0 aliphatic carbocycles. The maximum Gasteiger partial charge on any atom is 0.219 e. The minimum atomic E-state index is 0.143. The Bertz CT molecular complexity index is 457. The Kier molecular flexibility index (Phi) is 2.74. The van der Waals surface area contributed by atoms with E-state index in [1.165, 1.54) is 5.56 Å². The fourth-order valence-corrected chi connectivity index (χ4v) is 2.74. The van der Waals surface area contributed by atoms with Crippen molar-refractivity contribution in [2.75, 3.05) is 13.7 Å². The second-order valence-corrected chi connectivity index (χ2v) is 4.93. The van der Waals surface area contributed by atoms with Gasteiger partial charge in [-0.1, -0.05) is 12.1 Å². The molecule has 2 aliphatic rings. The number of amides is 1. The number of carbonyl (C=O) groups excluding carboxylic acids is 1. The Morgan fingerprint density at radius 3 is 2.78 bits per heavy atom. The maximum absolute atomic E-state index is 11.6. The minimum absolute atomic E-state index is 0.143. The summed E-state index contributed by atoms with van der Waals surface area (Å²) in [7, 11) is 1.66. The first-order chi connectivity index (χ1) is 8.69. The Balaban J connectivity index is 1.72. The van der Waals surface area contributed by atoms with E-state index in [1.54, 1.807) is 14.0 Å². The van der Waals surface area contributed by atoms with Crippen molar-refractivity contribution >= 4 is 5.91 Å². The normalized spacial score (nSPS) is 29.0. The third-order valence-corrected chi connectivity index (χ3v) is 3.79. The Morgan fingerprint density at radius 2 is 2.17 bits per heavy atom. The largest absolute Gasteiger partial charge is 0.497 e. The van der Waals surface area contributed by atoms with E-state index in [0.717, 1.165) is 18.7 Å². The molecule has 18 heavy (non-hydrogen) atoms. The minimum Gasteiger partial charge on any atom is -0.497 e. The van der Waals surface area contributed by atoms with Gasteiger partial charge < -0.3 is 14.4 Å². The molecule has 96 valence electrons. The molecule has 1 amide bonds. The fraction of sp³-hybridized carbons (Fsp3) is 0.500. The monoisotopic (exact) mass is 247 g/mol. The van der Waals surface area contributed by atoms with Gasteiger partial charge in [-0.15, -0.1) is 0 Å². The van der Waals surface area contributed by atoms with Gasteiger partial charge in [0.1, 0.15) is 18.0 Å². The Labute approximate surface area is 106 Å². The van der Waals surface area contributed by atoms with Gasteiger partial charge in [-0.3, -0.25) is 4.79 Å². The van der Waals surface area contributed by atoms with Crippen molar-refractivity contribution in [3.63, 3.8) is 0 Å². The molecule has 1 aromatic rings. The molecule has 0 radical (unpaired) electrons. The van der Waals surface area contributed by atoms with E-state index in [-0.39, 0.29) is 24.2 Å². The van der Waals surface area contributed by atoms with Crippen LogP contribution in [0, 0.1) is 0 Å². The van der Waals surface area contributed by atoms with E-state index in [4.69, 9.17) is 9.47 Å². The number of likely N-dealkylation sites (tertiary alicyclic amines) is 1. The highest BCUT2D eigenvalue weighted by Crippen LogP contribution is 2.38. The van der Waals surface area contributed by atoms with Gasteiger partial charge in [0, 0.05) is 13.5 Å². The summed E-state index contributed by atoms with van der Waals surface area (Å²) in [6.07, 6.45) is 1.37. The van der Waals surface area contributed by atoms with Crippen LogP contribution in [0.15, 0.2) is 24.3 Å². The maximum atomic E-state index is 11.6. The molecular weight excluding hydrogens is 230 g/mol. The topological polar surface area (TPSA) is 42.1 Å². The van der Waals surface area contributed by atoms with Gasteiger partial charge in [-0.05, 0) is 24.1 Å². The van der Waals surface area contributed by atoms with Crippen LogP contribution in [0.5, 0.6) is 5.75 Å². The average Bonchev–Trinajstić information content (AvgIpc) is 3.06. The number of nitrogens with zero attached hydrogens (tertiary/aromatic N) is 1. The van der Waals surface area contributed by atoms with E-state index >= 15 is 0 Å². The van der Waals surface area contributed by atoms with Gasteiger partial charge in [-0.25, -0.2) is 0 Å². The summed E-state index contributed by atoms with van der Waals surface area (Å²) in [5.41, 5.74) is 1.21. The quantitative estimate of drug-likeness (QED) is 0.755. The summed E-state index contributed by atoms with van der Waals surface area (Å²) in [6, 6.07) is 8.20. The Morgan fingerprint density at radius 1 is 1.44 bits per heavy atom. The summed E-state index contributed by atoms with van der Waals surface area (Å²) >= 11 is 0. The van der Waals surface area contributed by atoms with Crippen LogP contribution < -0.4 is 4.74 Å². The number of hydrogen-bond acceptors (Lipinski definition) is 3. The van der Waals surface area contributed by atoms with E-state index in [0.29, 0.717) is 0 Å². The first-order valence-electron chi connectivity index (χ1n) is 6.24. The lowest BCUT2D eigenvalue weighted by molar-refractivity contribution is -0.131. The Hall–Kier alpha value is -1.55. The fourth-order valence-electron chi connectivity index (χ4n) is 2.74. The second kappa shape index (κ2) is 4.28. The van der Waals surface area contributed by atoms with Gasteiger partial charge in [0.05, 0.1) is 13.2 Å². The van der Waals surface area contributed by atoms with E-state index in [9.17, 15) is 4.79 Å². The standard InChI is InChI=1S/C14H17NO3/c1-9(16)15-8-13-14(18-13)12(15)7-10-3-5-11(17-2)6-4-10/h3-6,12-14H,7-8H2,1-2H3/t12-,13?,14?/m0/s1. The van der Waals surface area contributed by atoms with Crippen LogP contribution in [0.25, 0.3) is 0 Å². The molecule has 3 rings (SSSR count). The molecule has 0 N–H and O–H groups in total. The molecular formula is C14H17NO3. The van der Waals surface area contributed by atoms with Crippen molar-refractivity contribution < 1.29 is 14.3 Å². The summed E-state index contributed by atoms with van der Waals surface area (Å²) in [6.45, 7) is 2.38. The summed E-state index contributed by atoms with van der Waals surface area (Å²) in [5.74, 6) is 0.999. The number of benzene rings is 1. The lowest BCUT2D eigenvalue weighted by Gasteiger charge is -2.25. The number of epoxide rings is 1. The van der Waals surface area contributed by atoms with Crippen LogP contribution in [0.1, 0.15) is 12.5 Å². The van der Waals surface area contributed by atoms with Crippen LogP contribution in [-0.2, 0) is 16.0 Å². The molecule has 1 aromatic carbocycles. The van der Waals surface area contributed by atoms with Gasteiger partial charge in [0.2, 0.25) is 5.91 Å². The number of carbonyl (C=O) groups is 1. The SMILES string of the molecule is COc1ccc(C[C@H]2C3OC3CN2C(C)=O)cc1. The van der Waals surface area contributed by atoms with Crippen molar-refractivity contribution in [3.05, 3.63) is 29.8 Å². The number of hydrogen-bond donors (Lipinski definition) is 0. The van der Waals surface area contributed by atoms with Crippen molar-refractivity contribution in [1.29, 1.82) is 0 Å². The van der Waals surface area contributed by atoms with Gasteiger partial charge in [-0.2, -0.15) is 0 Å². The first kappa shape index (κ1) is 11.5. The van der Waals surface area contributed by atoms with Crippen LogP contribution >= 0.6 is 0 Å². The van der Waals surface area contributed by atoms with Crippen LogP contribution in [0.3, 0.4) is 0 Å². The molecule has 4 heteroatoms. The van der Waals surface area contributed by atoms with Crippen LogP contribution in [0.4, 0.5) is 0 Å². The molecule has 2 unspecified atom stereocenters. The van der Waals surface area contributed by atoms with Crippen molar-refractivity contribution in [2.45, 2.75) is 31.6 Å². The zero-order chi connectivity index (χ0) is 12.7. The van der Waals surface area contributed by atoms with Crippen molar-refractivity contribution in [3.8, 4) is 5.75 Å². The highest BCUT2D eigenvalue weighted by molar-refractivity contribution is 5.74. The van der Waals surface area contributed by atoms with Gasteiger partial charge >= 0.3 is 0 Å². The molecule has 2 heterocycles. The van der Waals surface area contributed by atoms with E-state index in [2.05, 4.69) is 0 Å². The lowest BCUT2D eigenvalue weighted by Crippen LogP contribution is -2.39. The molecule has 0 aromatic heterocycles. The molecule has 2 fully saturated rings. The lowest BCUT2D eigenvalue weighted by atomic mass is 10.0. The molecule has 4 nitrogen and oxygen atoms in total. The number of ether oxygens (including phenoxy) is 2. The average molecular weight is 247 g/mol. The zero-order valence-electron chi connectivity index (χ0n) is 10.6. The highest BCUT2D eigenvalue weighted by atomic mass is 16.6. The predicted octanol–water partition coefficient (Wildman–Crippen LogP) is 1.24. The molecule has 0 spiro atoms. The summed E-state index contributed by atoms with van der Waals surface area (Å²) < 4.78 is 10.7. The molecule has 0 bridgehead atoms. The molecule has 2 saturated heterocycles. The van der Waals surface area contributed by atoms with Gasteiger partial charge in [0.15, 0.2) is 0 Å². The third kappa shape index (κ3) is 1.97. The smallest absolute Gasteiger partial charge is 0.219 e. The number of fused-ring (bicyclic) bond motifs is 1. The molecule has 2 aliphatic heterocycles. The van der Waals surface area contributed by atoms with Crippen LogP contribution in [0.2, 0.25) is 0 Å². The summed E-state index contributed by atoms with van der Waals surface area (Å²) in [4.78, 5) is 13.5. The van der Waals surface area contributed by atoms with E-state index in [1.807, 2.05) is 29.2 Å². The number of morpholine rings is 1. The summed E-state index contributed by atoms with van der Waals surface area (Å²) in [5, 5.41) is 0. The zero-order valence-corrected chi connectivity index (χ0v) is 10.6. The van der Waals surface area contributed by atoms with E-state index < -0.39 is 0 Å². The predicted molar refractivity (Wildman–Crippen MR) is 66.5 cm³/mol. The first-order valence-corrected chi connectivity index (χ1v) is 6.24. The van der Waals surface area contributed by atoms with Crippen molar-refractivity contribution in [1.82, 2.24) is 4.90 Å². The molecule has 0 saturated carbocycles. The van der Waals surface area contributed by atoms with Crippen molar-refractivity contribution in [2.24, 2.45) is 0 Å². The molecule has 3 atom stereocenters. The number of rotatable bonds is 3.